The van der Waals surface area contributed by atoms with Gasteiger partial charge in [-0.1, -0.05) is 12.2 Å². The fourth-order valence-electron chi connectivity index (χ4n) is 3.63. The second-order valence-electron chi connectivity index (χ2n) is 7.01. The summed E-state index contributed by atoms with van der Waals surface area (Å²) in [5, 5.41) is 9.48. The summed E-state index contributed by atoms with van der Waals surface area (Å²) in [7, 11) is -0.411. The Kier molecular flexibility index (Phi) is 2.68. The normalized spacial score (nSPS) is 42.0. The lowest BCUT2D eigenvalue weighted by molar-refractivity contribution is -0.142. The van der Waals surface area contributed by atoms with Gasteiger partial charge in [0.15, 0.2) is 0 Å². The van der Waals surface area contributed by atoms with Crippen molar-refractivity contribution < 1.29 is 19.2 Å². The van der Waals surface area contributed by atoms with Gasteiger partial charge in [0, 0.05) is 5.82 Å². The van der Waals surface area contributed by atoms with Crippen LogP contribution >= 0.6 is 0 Å². The van der Waals surface area contributed by atoms with E-state index in [1.165, 1.54) is 0 Å². The van der Waals surface area contributed by atoms with Crippen LogP contribution in [0.1, 0.15) is 34.1 Å². The van der Waals surface area contributed by atoms with Gasteiger partial charge in [0.1, 0.15) is 0 Å². The summed E-state index contributed by atoms with van der Waals surface area (Å²) in [4.78, 5) is 11.5. The summed E-state index contributed by atoms with van der Waals surface area (Å²) < 4.78 is 12.1. The Labute approximate surface area is 114 Å². The molecule has 4 nitrogen and oxygen atoms in total. The van der Waals surface area contributed by atoms with E-state index in [-0.39, 0.29) is 23.6 Å². The van der Waals surface area contributed by atoms with Gasteiger partial charge in [-0.05, 0) is 46.0 Å². The van der Waals surface area contributed by atoms with Crippen LogP contribution in [-0.4, -0.2) is 29.4 Å². The number of aliphatic carboxylic acids is 1. The van der Waals surface area contributed by atoms with Crippen molar-refractivity contribution >= 4 is 13.1 Å². The van der Waals surface area contributed by atoms with E-state index in [1.807, 2.05) is 33.8 Å². The first-order chi connectivity index (χ1) is 8.73. The summed E-state index contributed by atoms with van der Waals surface area (Å²) in [5.41, 5.74) is -0.793. The van der Waals surface area contributed by atoms with E-state index in [1.54, 1.807) is 0 Å². The van der Waals surface area contributed by atoms with Crippen molar-refractivity contribution in [3.63, 3.8) is 0 Å². The zero-order valence-corrected chi connectivity index (χ0v) is 11.9. The molecule has 2 fully saturated rings. The Hall–Kier alpha value is -0.805. The minimum Gasteiger partial charge on any atom is -0.481 e. The van der Waals surface area contributed by atoms with Gasteiger partial charge in [-0.15, -0.1) is 0 Å². The van der Waals surface area contributed by atoms with Crippen LogP contribution in [0, 0.1) is 17.8 Å². The first kappa shape index (κ1) is 13.2. The number of rotatable bonds is 2. The molecular formula is C14H21BO4. The molecule has 1 saturated carbocycles. The predicted octanol–water partition coefficient (Wildman–Crippen LogP) is 2.36. The molecule has 3 aliphatic rings. The molecule has 4 atom stereocenters. The highest BCUT2D eigenvalue weighted by Crippen LogP contribution is 2.56. The third-order valence-electron chi connectivity index (χ3n) is 5.39. The Morgan fingerprint density at radius 2 is 1.68 bits per heavy atom. The van der Waals surface area contributed by atoms with Crippen molar-refractivity contribution in [2.24, 2.45) is 17.8 Å². The highest BCUT2D eigenvalue weighted by molar-refractivity contribution is 6.48. The molecule has 19 heavy (non-hydrogen) atoms. The zero-order valence-electron chi connectivity index (χ0n) is 11.9. The van der Waals surface area contributed by atoms with Crippen molar-refractivity contribution in [2.45, 2.75) is 51.1 Å². The van der Waals surface area contributed by atoms with Crippen molar-refractivity contribution in [3.05, 3.63) is 12.2 Å². The Bertz CT molecular complexity index is 427. The maximum Gasteiger partial charge on any atom is 0.462 e. The van der Waals surface area contributed by atoms with Crippen LogP contribution < -0.4 is 0 Å². The van der Waals surface area contributed by atoms with Gasteiger partial charge in [-0.2, -0.15) is 0 Å². The minimum atomic E-state index is -0.725. The van der Waals surface area contributed by atoms with Crippen LogP contribution in [0.4, 0.5) is 0 Å². The number of carboxylic acid groups (broad SMARTS) is 1. The molecule has 3 rings (SSSR count). The van der Waals surface area contributed by atoms with Gasteiger partial charge in [0.2, 0.25) is 0 Å². The van der Waals surface area contributed by atoms with Gasteiger partial charge in [-0.25, -0.2) is 0 Å². The fraction of sp³-hybridized carbons (Fsp3) is 0.786. The number of allylic oxidation sites excluding steroid dienone is 2. The first-order valence-electron chi connectivity index (χ1n) is 7.00. The second kappa shape index (κ2) is 3.86. The van der Waals surface area contributed by atoms with Crippen molar-refractivity contribution in [3.8, 4) is 0 Å². The monoisotopic (exact) mass is 264 g/mol. The summed E-state index contributed by atoms with van der Waals surface area (Å²) in [5.74, 6) is -0.734. The average molecular weight is 264 g/mol. The molecule has 0 amide bonds. The number of hydrogen-bond donors (Lipinski definition) is 1. The summed E-state index contributed by atoms with van der Waals surface area (Å²) >= 11 is 0. The maximum absolute atomic E-state index is 11.5. The van der Waals surface area contributed by atoms with Crippen LogP contribution in [0.25, 0.3) is 0 Å². The van der Waals surface area contributed by atoms with E-state index in [0.29, 0.717) is 0 Å². The second-order valence-corrected chi connectivity index (χ2v) is 7.01. The van der Waals surface area contributed by atoms with E-state index in [0.717, 1.165) is 6.42 Å². The van der Waals surface area contributed by atoms with Gasteiger partial charge in [0.05, 0.1) is 17.1 Å². The fourth-order valence-corrected chi connectivity index (χ4v) is 3.63. The molecule has 2 unspecified atom stereocenters. The third-order valence-corrected chi connectivity index (χ3v) is 5.39. The van der Waals surface area contributed by atoms with Crippen molar-refractivity contribution in [1.82, 2.24) is 0 Å². The number of carbonyl (C=O) groups is 1. The summed E-state index contributed by atoms with van der Waals surface area (Å²) in [6, 6.07) is 0. The standard InChI is InChI=1S/C14H21BO4/c1-13(2)14(3,4)19-15(18-13)11-9-6-5-8(7-9)10(11)12(16)17/h5-6,8-11H,7H2,1-4H3,(H,16,17)/t8?,9?,10-,11-/m1/s1. The Morgan fingerprint density at radius 3 is 2.21 bits per heavy atom. The number of hydrogen-bond acceptors (Lipinski definition) is 3. The lowest BCUT2D eigenvalue weighted by Gasteiger charge is -2.32. The minimum absolute atomic E-state index is 0.0615. The molecule has 5 heteroatoms. The van der Waals surface area contributed by atoms with E-state index >= 15 is 0 Å². The maximum atomic E-state index is 11.5. The third kappa shape index (κ3) is 1.78. The molecule has 0 radical (unpaired) electrons. The number of carboxylic acids is 1. The Balaban J connectivity index is 1.87. The van der Waals surface area contributed by atoms with Crippen LogP contribution in [-0.2, 0) is 14.1 Å². The molecule has 1 N–H and O–H groups in total. The summed E-state index contributed by atoms with van der Waals surface area (Å²) in [6.45, 7) is 8.02. The van der Waals surface area contributed by atoms with Gasteiger partial charge in [-0.3, -0.25) is 4.79 Å². The largest absolute Gasteiger partial charge is 0.481 e. The van der Waals surface area contributed by atoms with Crippen molar-refractivity contribution in [1.29, 1.82) is 0 Å². The molecule has 0 aromatic rings. The lowest BCUT2D eigenvalue weighted by atomic mass is 9.60. The van der Waals surface area contributed by atoms with Crippen molar-refractivity contribution in [2.75, 3.05) is 0 Å². The quantitative estimate of drug-likeness (QED) is 0.614. The average Bonchev–Trinajstić information content (AvgIpc) is 2.90. The first-order valence-corrected chi connectivity index (χ1v) is 7.00. The molecule has 0 aromatic heterocycles. The van der Waals surface area contributed by atoms with E-state index in [2.05, 4.69) is 6.08 Å². The van der Waals surface area contributed by atoms with Gasteiger partial charge < -0.3 is 14.4 Å². The summed E-state index contributed by atoms with van der Waals surface area (Å²) in [6.07, 6.45) is 5.11. The molecule has 1 heterocycles. The van der Waals surface area contributed by atoms with Crippen LogP contribution in [0.5, 0.6) is 0 Å². The highest BCUT2D eigenvalue weighted by Gasteiger charge is 2.61. The zero-order chi connectivity index (χ0) is 14.0. The van der Waals surface area contributed by atoms with E-state index in [9.17, 15) is 9.90 Å². The Morgan fingerprint density at radius 1 is 1.16 bits per heavy atom. The molecule has 1 aliphatic heterocycles. The predicted molar refractivity (Wildman–Crippen MR) is 71.7 cm³/mol. The molecule has 2 aliphatic carbocycles. The SMILES string of the molecule is CC1(C)OB([C@@H]2C3C=CC(C3)[C@H]2C(=O)O)OC1(C)C. The smallest absolute Gasteiger partial charge is 0.462 e. The molecule has 2 bridgehead atoms. The van der Waals surface area contributed by atoms with Crippen LogP contribution in [0.3, 0.4) is 0 Å². The molecule has 1 saturated heterocycles. The topological polar surface area (TPSA) is 55.8 Å². The number of fused-ring (bicyclic) bond motifs is 2. The van der Waals surface area contributed by atoms with Gasteiger partial charge >= 0.3 is 13.1 Å². The van der Waals surface area contributed by atoms with Gasteiger partial charge in [0.25, 0.3) is 0 Å². The highest BCUT2D eigenvalue weighted by atomic mass is 16.7. The molecular weight excluding hydrogens is 243 g/mol. The molecule has 104 valence electrons. The molecule has 0 aromatic carbocycles. The molecule has 0 spiro atoms. The lowest BCUT2D eigenvalue weighted by Crippen LogP contribution is -2.41. The van der Waals surface area contributed by atoms with E-state index < -0.39 is 24.3 Å². The van der Waals surface area contributed by atoms with Crippen LogP contribution in [0.2, 0.25) is 5.82 Å². The van der Waals surface area contributed by atoms with Crippen LogP contribution in [0.15, 0.2) is 12.2 Å². The van der Waals surface area contributed by atoms with E-state index in [4.69, 9.17) is 9.31 Å².